The first-order valence-electron chi connectivity index (χ1n) is 9.80. The third-order valence-corrected chi connectivity index (χ3v) is 5.29. The van der Waals surface area contributed by atoms with Gasteiger partial charge in [-0.2, -0.15) is 13.2 Å². The number of piperidine rings is 1. The normalized spacial score (nSPS) is 16.2. The zero-order chi connectivity index (χ0) is 21.9. The molecule has 0 bridgehead atoms. The van der Waals surface area contributed by atoms with Crippen LogP contribution in [0.1, 0.15) is 41.3 Å². The number of rotatable bonds is 5. The van der Waals surface area contributed by atoms with E-state index in [0.717, 1.165) is 17.8 Å². The number of halogens is 3. The van der Waals surface area contributed by atoms with Crippen molar-refractivity contribution in [1.82, 2.24) is 0 Å². The molecule has 1 fully saturated rings. The first kappa shape index (κ1) is 21.8. The maximum Gasteiger partial charge on any atom is 0.419 e. The van der Waals surface area contributed by atoms with Gasteiger partial charge < -0.3 is 4.74 Å². The molecule has 2 heterocycles. The molecule has 2 aromatic rings. The topological polar surface area (TPSA) is 60.8 Å². The number of anilines is 1. The van der Waals surface area contributed by atoms with E-state index in [0.29, 0.717) is 37.3 Å². The molecule has 8 heteroatoms. The number of esters is 1. The maximum atomic E-state index is 12.7. The average molecular weight is 421 g/mol. The highest BCUT2D eigenvalue weighted by atomic mass is 19.4. The van der Waals surface area contributed by atoms with Gasteiger partial charge in [0, 0.05) is 11.6 Å². The summed E-state index contributed by atoms with van der Waals surface area (Å²) >= 11 is 0. The van der Waals surface area contributed by atoms with Crippen LogP contribution in [-0.2, 0) is 15.7 Å². The minimum Gasteiger partial charge on any atom is -0.454 e. The lowest BCUT2D eigenvalue weighted by molar-refractivity contribution is -0.367. The van der Waals surface area contributed by atoms with Gasteiger partial charge >= 0.3 is 12.1 Å². The lowest BCUT2D eigenvalue weighted by Crippen LogP contribution is -2.40. The third kappa shape index (κ3) is 5.17. The number of carbonyl (C=O) groups excluding carboxylic acids is 2. The van der Waals surface area contributed by atoms with E-state index in [-0.39, 0.29) is 11.7 Å². The second-order valence-corrected chi connectivity index (χ2v) is 7.53. The lowest BCUT2D eigenvalue weighted by atomic mass is 9.96. The Hall–Kier alpha value is -2.90. The van der Waals surface area contributed by atoms with Crippen molar-refractivity contribution in [3.05, 3.63) is 59.3 Å². The summed E-state index contributed by atoms with van der Waals surface area (Å²) in [6.45, 7) is 4.49. The molecule has 5 nitrogen and oxygen atoms in total. The van der Waals surface area contributed by atoms with Gasteiger partial charge in [-0.1, -0.05) is 29.8 Å². The molecular weight excluding hydrogens is 397 g/mol. The van der Waals surface area contributed by atoms with Crippen molar-refractivity contribution in [3.63, 3.8) is 0 Å². The molecule has 1 aromatic carbocycles. The fraction of sp³-hybridized carbons (Fsp3) is 0.409. The second-order valence-electron chi connectivity index (χ2n) is 7.53. The number of ether oxygens (including phenoxy) is 1. The van der Waals surface area contributed by atoms with Crippen LogP contribution in [0.2, 0.25) is 0 Å². The Kier molecular flexibility index (Phi) is 6.43. The number of pyridine rings is 1. The number of hydrogen-bond acceptors (Lipinski definition) is 4. The number of alkyl halides is 3. The molecule has 1 aliphatic heterocycles. The van der Waals surface area contributed by atoms with Crippen molar-refractivity contribution in [2.45, 2.75) is 39.0 Å². The van der Waals surface area contributed by atoms with Crippen LogP contribution < -0.4 is 9.88 Å². The van der Waals surface area contributed by atoms with Crippen molar-refractivity contribution in [3.8, 4) is 0 Å². The third-order valence-electron chi connectivity index (χ3n) is 5.29. The Bertz CT molecular complexity index is 887. The van der Waals surface area contributed by atoms with E-state index in [1.54, 1.807) is 19.1 Å². The van der Waals surface area contributed by atoms with E-state index in [9.17, 15) is 22.8 Å². The molecule has 0 unspecified atom stereocenters. The van der Waals surface area contributed by atoms with Gasteiger partial charge in [0.05, 0.1) is 24.6 Å². The first-order chi connectivity index (χ1) is 14.1. The monoisotopic (exact) mass is 421 g/mol. The summed E-state index contributed by atoms with van der Waals surface area (Å²) in [6.07, 6.45) is -3.33. The Morgan fingerprint density at radius 3 is 2.27 bits per heavy atom. The molecule has 1 aromatic heterocycles. The first-order valence-corrected chi connectivity index (χ1v) is 9.80. The molecule has 30 heavy (non-hydrogen) atoms. The molecule has 1 aliphatic rings. The average Bonchev–Trinajstić information content (AvgIpc) is 2.73. The van der Waals surface area contributed by atoms with Crippen LogP contribution in [0.15, 0.2) is 42.6 Å². The molecule has 3 rings (SSSR count). The predicted molar refractivity (Wildman–Crippen MR) is 104 cm³/mol. The summed E-state index contributed by atoms with van der Waals surface area (Å²) in [5, 5.41) is 0. The number of hydrogen-bond donors (Lipinski definition) is 0. The van der Waals surface area contributed by atoms with Crippen LogP contribution in [-0.4, -0.2) is 30.9 Å². The standard InChI is InChI=1S/C22H23F3N2O3/c1-14-3-5-16(6-4-14)20(28)15(2)30-21(29)17-9-11-27(12-10-17)19-8-7-18(13-26-19)22(23,24)25/h3-8,13,15,17H,9-12H2,1-2H3/p+1/t15-/m0/s1. The van der Waals surface area contributed by atoms with E-state index in [4.69, 9.17) is 4.74 Å². The molecule has 1 N–H and O–H groups in total. The number of ketones is 1. The van der Waals surface area contributed by atoms with Crippen LogP contribution >= 0.6 is 0 Å². The summed E-state index contributed by atoms with van der Waals surface area (Å²) in [5.41, 5.74) is 0.791. The van der Waals surface area contributed by atoms with Crippen molar-refractivity contribution >= 4 is 17.6 Å². The number of H-pyrrole nitrogens is 1. The Labute approximate surface area is 172 Å². The second kappa shape index (κ2) is 8.85. The number of Topliss-reactive ketones (excluding diaryl/α,β-unsaturated/α-hetero) is 1. The van der Waals surface area contributed by atoms with E-state index in [2.05, 4.69) is 4.98 Å². The maximum absolute atomic E-state index is 12.7. The van der Waals surface area contributed by atoms with E-state index in [1.807, 2.05) is 24.0 Å². The van der Waals surface area contributed by atoms with Gasteiger partial charge in [0.2, 0.25) is 5.78 Å². The number of carbonyl (C=O) groups is 2. The number of aryl methyl sites for hydroxylation is 1. The minimum absolute atomic E-state index is 0.250. The summed E-state index contributed by atoms with van der Waals surface area (Å²) < 4.78 is 43.4. The van der Waals surface area contributed by atoms with E-state index < -0.39 is 23.8 Å². The van der Waals surface area contributed by atoms with E-state index >= 15 is 0 Å². The highest BCUT2D eigenvalue weighted by molar-refractivity contribution is 6.00. The molecule has 160 valence electrons. The zero-order valence-electron chi connectivity index (χ0n) is 16.8. The molecule has 1 atom stereocenters. The molecule has 0 radical (unpaired) electrons. The quantitative estimate of drug-likeness (QED) is 0.543. The van der Waals surface area contributed by atoms with Crippen molar-refractivity contribution in [2.24, 2.45) is 5.92 Å². The van der Waals surface area contributed by atoms with Gasteiger partial charge in [-0.05, 0) is 32.8 Å². The van der Waals surface area contributed by atoms with Crippen LogP contribution in [0.3, 0.4) is 0 Å². The SMILES string of the molecule is Cc1ccc(C(=O)[C@H](C)OC(=O)C2CCN(c3ccc(C(F)(F)F)c[nH+]3)CC2)cc1. The van der Waals surface area contributed by atoms with Gasteiger partial charge in [0.25, 0.3) is 5.82 Å². The molecular formula is C22H24F3N2O3+. The number of benzene rings is 1. The summed E-state index contributed by atoms with van der Waals surface area (Å²) in [4.78, 5) is 29.5. The highest BCUT2D eigenvalue weighted by Crippen LogP contribution is 2.29. The fourth-order valence-corrected chi connectivity index (χ4v) is 3.42. The number of nitrogens with one attached hydrogen (secondary N) is 1. The van der Waals surface area contributed by atoms with Gasteiger partial charge in [-0.15, -0.1) is 0 Å². The zero-order valence-corrected chi connectivity index (χ0v) is 16.8. The minimum atomic E-state index is -4.39. The van der Waals surface area contributed by atoms with Gasteiger partial charge in [-0.25, -0.2) is 4.98 Å². The van der Waals surface area contributed by atoms with Crippen molar-refractivity contribution < 1.29 is 32.5 Å². The number of aromatic amines is 1. The fourth-order valence-electron chi connectivity index (χ4n) is 3.42. The number of aromatic nitrogens is 1. The Balaban J connectivity index is 1.52. The van der Waals surface area contributed by atoms with Gasteiger partial charge in [0.1, 0.15) is 6.20 Å². The summed E-state index contributed by atoms with van der Waals surface area (Å²) in [6, 6.07) is 9.50. The Morgan fingerprint density at radius 1 is 1.10 bits per heavy atom. The largest absolute Gasteiger partial charge is 0.454 e. The molecule has 0 amide bonds. The number of nitrogens with zero attached hydrogens (tertiary/aromatic N) is 1. The molecule has 0 aliphatic carbocycles. The molecule has 0 saturated carbocycles. The highest BCUT2D eigenvalue weighted by Gasteiger charge is 2.34. The van der Waals surface area contributed by atoms with Crippen LogP contribution in [0.4, 0.5) is 19.0 Å². The van der Waals surface area contributed by atoms with Crippen LogP contribution in [0, 0.1) is 12.8 Å². The van der Waals surface area contributed by atoms with Crippen molar-refractivity contribution in [1.29, 1.82) is 0 Å². The smallest absolute Gasteiger partial charge is 0.419 e. The van der Waals surface area contributed by atoms with Gasteiger partial charge in [0.15, 0.2) is 6.10 Å². The van der Waals surface area contributed by atoms with Gasteiger partial charge in [-0.3, -0.25) is 14.5 Å². The van der Waals surface area contributed by atoms with E-state index in [1.165, 1.54) is 6.07 Å². The molecule has 0 spiro atoms. The van der Waals surface area contributed by atoms with Crippen LogP contribution in [0.25, 0.3) is 0 Å². The predicted octanol–water partition coefficient (Wildman–Crippen LogP) is 3.86. The Morgan fingerprint density at radius 2 is 1.73 bits per heavy atom. The summed E-state index contributed by atoms with van der Waals surface area (Å²) in [5.74, 6) is -0.444. The lowest BCUT2D eigenvalue weighted by Gasteiger charge is -2.27. The molecule has 1 saturated heterocycles. The summed E-state index contributed by atoms with van der Waals surface area (Å²) in [7, 11) is 0. The van der Waals surface area contributed by atoms with Crippen molar-refractivity contribution in [2.75, 3.05) is 18.0 Å². The van der Waals surface area contributed by atoms with Crippen LogP contribution in [0.5, 0.6) is 0 Å².